The summed E-state index contributed by atoms with van der Waals surface area (Å²) in [6.45, 7) is 1.22. The van der Waals surface area contributed by atoms with E-state index < -0.39 is 32.2 Å². The first-order valence-corrected chi connectivity index (χ1v) is 7.69. The maximum absolute atomic E-state index is 12.8. The van der Waals surface area contributed by atoms with Crippen LogP contribution in [0.2, 0.25) is 0 Å². The third kappa shape index (κ3) is 4.88. The first-order valence-electron chi connectivity index (χ1n) is 5.87. The number of nitrogens with one attached hydrogen (secondary N) is 1. The molecule has 0 aromatic heterocycles. The molecule has 118 valence electrons. The summed E-state index contributed by atoms with van der Waals surface area (Å²) in [5.74, 6) is -0.432. The van der Waals surface area contributed by atoms with Crippen molar-refractivity contribution in [1.29, 1.82) is 0 Å². The van der Waals surface area contributed by atoms with Crippen molar-refractivity contribution >= 4 is 21.2 Å². The summed E-state index contributed by atoms with van der Waals surface area (Å²) in [7, 11) is -3.31. The quantitative estimate of drug-likeness (QED) is 0.641. The van der Waals surface area contributed by atoms with Crippen LogP contribution in [-0.2, 0) is 16.0 Å². The largest absolute Gasteiger partial charge is 0.418 e. The van der Waals surface area contributed by atoms with Gasteiger partial charge in [-0.15, -0.1) is 0 Å². The van der Waals surface area contributed by atoms with Crippen LogP contribution < -0.4 is 5.32 Å². The maximum atomic E-state index is 12.8. The minimum Gasteiger partial charge on any atom is -0.384 e. The monoisotopic (exact) mass is 326 g/mol. The van der Waals surface area contributed by atoms with Gasteiger partial charge < -0.3 is 5.32 Å². The molecule has 0 bridgehead atoms. The summed E-state index contributed by atoms with van der Waals surface area (Å²) >= 11 is 0. The number of sulfone groups is 1. The highest BCUT2D eigenvalue weighted by Crippen LogP contribution is 2.36. The number of rotatable bonds is 6. The van der Waals surface area contributed by atoms with E-state index in [0.717, 1.165) is 12.1 Å². The van der Waals surface area contributed by atoms with Gasteiger partial charge in [-0.1, -0.05) is 6.92 Å². The molecular formula is C11H13F3N2O4S. The standard InChI is InChI=1S/C11H13F3N2O4S/c1-2-21(19,20)6-5-15-10-4-3-8(16(17)18)7-9(10)11(12,13)14/h3-4,7,15H,2,5-6H2,1H3. The number of hydrogen-bond donors (Lipinski definition) is 1. The lowest BCUT2D eigenvalue weighted by atomic mass is 10.1. The van der Waals surface area contributed by atoms with Gasteiger partial charge in [-0.25, -0.2) is 8.42 Å². The lowest BCUT2D eigenvalue weighted by Gasteiger charge is -2.14. The van der Waals surface area contributed by atoms with Gasteiger partial charge in [-0.2, -0.15) is 13.2 Å². The fourth-order valence-corrected chi connectivity index (χ4v) is 2.22. The molecule has 10 heteroatoms. The van der Waals surface area contributed by atoms with Crippen LogP contribution in [0.1, 0.15) is 12.5 Å². The Kier molecular flexibility index (Phi) is 5.15. The van der Waals surface area contributed by atoms with E-state index in [-0.39, 0.29) is 23.7 Å². The van der Waals surface area contributed by atoms with Crippen molar-refractivity contribution in [1.82, 2.24) is 0 Å². The lowest BCUT2D eigenvalue weighted by molar-refractivity contribution is -0.385. The number of anilines is 1. The highest BCUT2D eigenvalue weighted by molar-refractivity contribution is 7.91. The van der Waals surface area contributed by atoms with Crippen molar-refractivity contribution in [2.45, 2.75) is 13.1 Å². The number of nitrogens with zero attached hydrogens (tertiary/aromatic N) is 1. The molecule has 0 aliphatic heterocycles. The SMILES string of the molecule is CCS(=O)(=O)CCNc1ccc([N+](=O)[O-])cc1C(F)(F)F. The Hall–Kier alpha value is -1.84. The van der Waals surface area contributed by atoms with Crippen LogP contribution in [0.5, 0.6) is 0 Å². The Morgan fingerprint density at radius 1 is 1.33 bits per heavy atom. The molecule has 0 atom stereocenters. The molecule has 0 amide bonds. The number of nitro benzene ring substituents is 1. The number of hydrogen-bond acceptors (Lipinski definition) is 5. The zero-order valence-corrected chi connectivity index (χ0v) is 11.8. The summed E-state index contributed by atoms with van der Waals surface area (Å²) < 4.78 is 61.0. The smallest absolute Gasteiger partial charge is 0.384 e. The normalized spacial score (nSPS) is 12.2. The molecule has 0 spiro atoms. The third-order valence-corrected chi connectivity index (χ3v) is 4.39. The highest BCUT2D eigenvalue weighted by Gasteiger charge is 2.35. The zero-order valence-electron chi connectivity index (χ0n) is 11.0. The van der Waals surface area contributed by atoms with Crippen molar-refractivity contribution < 1.29 is 26.5 Å². The van der Waals surface area contributed by atoms with Crippen molar-refractivity contribution in [3.8, 4) is 0 Å². The molecule has 0 saturated heterocycles. The number of non-ortho nitro benzene ring substituents is 1. The van der Waals surface area contributed by atoms with Gasteiger partial charge in [-0.05, 0) is 6.07 Å². The van der Waals surface area contributed by atoms with E-state index in [0.29, 0.717) is 6.07 Å². The van der Waals surface area contributed by atoms with Gasteiger partial charge in [0.1, 0.15) is 0 Å². The van der Waals surface area contributed by atoms with E-state index in [9.17, 15) is 31.7 Å². The Morgan fingerprint density at radius 3 is 2.43 bits per heavy atom. The Balaban J connectivity index is 2.99. The molecule has 0 saturated carbocycles. The second-order valence-corrected chi connectivity index (χ2v) is 6.62. The lowest BCUT2D eigenvalue weighted by Crippen LogP contribution is -2.19. The first kappa shape index (κ1) is 17.2. The van der Waals surface area contributed by atoms with Gasteiger partial charge in [0.2, 0.25) is 0 Å². The number of halogens is 3. The fraction of sp³-hybridized carbons (Fsp3) is 0.455. The maximum Gasteiger partial charge on any atom is 0.418 e. The van der Waals surface area contributed by atoms with Crippen LogP contribution in [0.15, 0.2) is 18.2 Å². The van der Waals surface area contributed by atoms with Crippen molar-refractivity contribution in [2.75, 3.05) is 23.4 Å². The zero-order chi connectivity index (χ0) is 16.3. The minimum atomic E-state index is -4.78. The van der Waals surface area contributed by atoms with E-state index in [4.69, 9.17) is 0 Å². The number of nitro groups is 1. The summed E-state index contributed by atoms with van der Waals surface area (Å²) in [4.78, 5) is 9.58. The molecule has 0 heterocycles. The molecule has 1 rings (SSSR count). The molecule has 1 N–H and O–H groups in total. The predicted octanol–water partition coefficient (Wildman–Crippen LogP) is 2.46. The van der Waals surface area contributed by atoms with Crippen molar-refractivity contribution in [3.63, 3.8) is 0 Å². The molecule has 6 nitrogen and oxygen atoms in total. The van der Waals surface area contributed by atoms with E-state index >= 15 is 0 Å². The van der Waals surface area contributed by atoms with Gasteiger partial charge in [0.15, 0.2) is 9.84 Å². The average Bonchev–Trinajstić information content (AvgIpc) is 2.37. The number of benzene rings is 1. The van der Waals surface area contributed by atoms with Gasteiger partial charge >= 0.3 is 6.18 Å². The van der Waals surface area contributed by atoms with Gasteiger partial charge in [0.25, 0.3) is 5.69 Å². The molecule has 0 fully saturated rings. The Bertz CT molecular complexity index is 629. The van der Waals surface area contributed by atoms with Crippen LogP contribution in [0.25, 0.3) is 0 Å². The molecule has 21 heavy (non-hydrogen) atoms. The van der Waals surface area contributed by atoms with E-state index in [1.54, 1.807) is 0 Å². The Labute approximate surface area is 119 Å². The molecule has 0 aliphatic carbocycles. The average molecular weight is 326 g/mol. The third-order valence-electron chi connectivity index (χ3n) is 2.69. The summed E-state index contributed by atoms with van der Waals surface area (Å²) in [5.41, 5.74) is -2.28. The van der Waals surface area contributed by atoms with E-state index in [2.05, 4.69) is 5.32 Å². The van der Waals surface area contributed by atoms with E-state index in [1.807, 2.05) is 0 Å². The van der Waals surface area contributed by atoms with Gasteiger partial charge in [-0.3, -0.25) is 10.1 Å². The van der Waals surface area contributed by atoms with Crippen molar-refractivity contribution in [3.05, 3.63) is 33.9 Å². The molecule has 0 unspecified atom stereocenters. The molecule has 0 aliphatic rings. The minimum absolute atomic E-state index is 0.110. The first-order chi connectivity index (χ1) is 9.57. The molecule has 1 aromatic carbocycles. The van der Waals surface area contributed by atoms with E-state index in [1.165, 1.54) is 6.92 Å². The van der Waals surface area contributed by atoms with Crippen LogP contribution in [-0.4, -0.2) is 31.4 Å². The molecular weight excluding hydrogens is 313 g/mol. The summed E-state index contributed by atoms with van der Waals surface area (Å²) in [6, 6.07) is 2.25. The highest BCUT2D eigenvalue weighted by atomic mass is 32.2. The summed E-state index contributed by atoms with van der Waals surface area (Å²) in [6.07, 6.45) is -4.78. The van der Waals surface area contributed by atoms with Gasteiger partial charge in [0.05, 0.1) is 16.2 Å². The predicted molar refractivity (Wildman–Crippen MR) is 70.9 cm³/mol. The van der Waals surface area contributed by atoms with Gasteiger partial charge in [0, 0.05) is 30.1 Å². The second kappa shape index (κ2) is 6.29. The van der Waals surface area contributed by atoms with Crippen LogP contribution in [0.4, 0.5) is 24.5 Å². The summed E-state index contributed by atoms with van der Waals surface area (Å²) in [5, 5.41) is 12.9. The van der Waals surface area contributed by atoms with Crippen molar-refractivity contribution in [2.24, 2.45) is 0 Å². The Morgan fingerprint density at radius 2 is 1.95 bits per heavy atom. The number of alkyl halides is 3. The van der Waals surface area contributed by atoms with Crippen LogP contribution in [0, 0.1) is 10.1 Å². The fourth-order valence-electron chi connectivity index (χ4n) is 1.52. The molecule has 0 radical (unpaired) electrons. The van der Waals surface area contributed by atoms with Crippen LogP contribution >= 0.6 is 0 Å². The second-order valence-electron chi connectivity index (χ2n) is 4.15. The van der Waals surface area contributed by atoms with Crippen LogP contribution in [0.3, 0.4) is 0 Å². The topological polar surface area (TPSA) is 89.3 Å². The molecule has 1 aromatic rings.